The lowest BCUT2D eigenvalue weighted by atomic mass is 10.1. The fourth-order valence-electron chi connectivity index (χ4n) is 3.13. The molecular formula is C19H18FN3O5. The summed E-state index contributed by atoms with van der Waals surface area (Å²) in [6.45, 7) is 0.266. The monoisotopic (exact) mass is 387 g/mol. The molecule has 2 amide bonds. The normalized spacial score (nSPS) is 15.9. The van der Waals surface area contributed by atoms with E-state index in [9.17, 15) is 24.1 Å². The minimum Gasteiger partial charge on any atom is -0.497 e. The van der Waals surface area contributed by atoms with Gasteiger partial charge in [0.05, 0.1) is 17.6 Å². The molecule has 1 N–H and O–H groups in total. The fourth-order valence-corrected chi connectivity index (χ4v) is 3.13. The van der Waals surface area contributed by atoms with Crippen molar-refractivity contribution in [1.82, 2.24) is 4.90 Å². The van der Waals surface area contributed by atoms with E-state index in [2.05, 4.69) is 5.32 Å². The molecule has 1 atom stereocenters. The number of carbonyl (C=O) groups is 2. The molecule has 2 aromatic rings. The number of carbonyl (C=O) groups excluding carboxylic acids is 2. The number of nitrogens with one attached hydrogen (secondary N) is 1. The summed E-state index contributed by atoms with van der Waals surface area (Å²) in [7, 11) is 1.53. The number of non-ortho nitro benzene ring substituents is 1. The van der Waals surface area contributed by atoms with E-state index in [0.717, 1.165) is 18.2 Å². The van der Waals surface area contributed by atoms with Crippen molar-refractivity contribution < 1.29 is 23.6 Å². The molecule has 8 nitrogen and oxygen atoms in total. The summed E-state index contributed by atoms with van der Waals surface area (Å²) in [5.41, 5.74) is -0.270. The molecule has 1 aliphatic rings. The lowest BCUT2D eigenvalue weighted by Crippen LogP contribution is -2.43. The highest BCUT2D eigenvalue weighted by atomic mass is 19.1. The molecule has 1 aliphatic heterocycles. The number of anilines is 1. The van der Waals surface area contributed by atoms with Crippen molar-refractivity contribution in [2.75, 3.05) is 19.0 Å². The number of likely N-dealkylation sites (tertiary alicyclic amines) is 1. The molecule has 146 valence electrons. The van der Waals surface area contributed by atoms with Crippen molar-refractivity contribution in [3.05, 3.63) is 64.0 Å². The highest BCUT2D eigenvalue weighted by Crippen LogP contribution is 2.25. The van der Waals surface area contributed by atoms with Gasteiger partial charge in [-0.3, -0.25) is 19.7 Å². The van der Waals surface area contributed by atoms with Crippen LogP contribution in [0.3, 0.4) is 0 Å². The van der Waals surface area contributed by atoms with Crippen molar-refractivity contribution in [2.45, 2.75) is 18.9 Å². The van der Waals surface area contributed by atoms with Gasteiger partial charge >= 0.3 is 0 Å². The Balaban J connectivity index is 1.78. The van der Waals surface area contributed by atoms with E-state index in [1.165, 1.54) is 12.0 Å². The average Bonchev–Trinajstić information content (AvgIpc) is 3.18. The van der Waals surface area contributed by atoms with Crippen LogP contribution in [0.4, 0.5) is 15.8 Å². The van der Waals surface area contributed by atoms with Gasteiger partial charge in [0.25, 0.3) is 11.6 Å². The molecule has 1 fully saturated rings. The van der Waals surface area contributed by atoms with Crippen molar-refractivity contribution in [2.24, 2.45) is 0 Å². The first kappa shape index (κ1) is 19.3. The largest absolute Gasteiger partial charge is 0.497 e. The number of ether oxygens (including phenoxy) is 1. The minimum atomic E-state index is -0.864. The number of amides is 2. The van der Waals surface area contributed by atoms with Crippen LogP contribution in [0.5, 0.6) is 5.75 Å². The van der Waals surface area contributed by atoms with Crippen LogP contribution in [-0.4, -0.2) is 41.3 Å². The summed E-state index contributed by atoms with van der Waals surface area (Å²) in [6.07, 6.45) is 0.993. The lowest BCUT2D eigenvalue weighted by Gasteiger charge is -2.24. The summed E-state index contributed by atoms with van der Waals surface area (Å²) < 4.78 is 19.2. The maximum Gasteiger partial charge on any atom is 0.270 e. The molecule has 1 heterocycles. The predicted molar refractivity (Wildman–Crippen MR) is 98.7 cm³/mol. The summed E-state index contributed by atoms with van der Waals surface area (Å²) in [4.78, 5) is 36.9. The fraction of sp³-hybridized carbons (Fsp3) is 0.263. The quantitative estimate of drug-likeness (QED) is 0.628. The van der Waals surface area contributed by atoms with Crippen molar-refractivity contribution >= 4 is 23.2 Å². The third-order valence-corrected chi connectivity index (χ3v) is 4.57. The Kier molecular flexibility index (Phi) is 5.53. The van der Waals surface area contributed by atoms with Crippen LogP contribution < -0.4 is 10.1 Å². The van der Waals surface area contributed by atoms with Gasteiger partial charge in [-0.25, -0.2) is 4.39 Å². The van der Waals surface area contributed by atoms with Gasteiger partial charge in [0.2, 0.25) is 5.91 Å². The molecule has 1 unspecified atom stereocenters. The Hall–Kier alpha value is -3.49. The first-order valence-corrected chi connectivity index (χ1v) is 8.60. The van der Waals surface area contributed by atoms with E-state index in [1.807, 2.05) is 0 Å². The topological polar surface area (TPSA) is 102 Å². The standard InChI is InChI=1S/C19H18FN3O5/c1-28-14-7-4-12(5-8-14)21-18(24)17-3-2-10-22(17)19(25)15-11-13(23(26)27)6-9-16(15)20/h4-9,11,17H,2-3,10H2,1H3,(H,21,24). The van der Waals surface area contributed by atoms with Gasteiger partial charge in [-0.2, -0.15) is 0 Å². The second-order valence-corrected chi connectivity index (χ2v) is 6.30. The summed E-state index contributed by atoms with van der Waals surface area (Å²) >= 11 is 0. The van der Waals surface area contributed by atoms with Gasteiger partial charge in [-0.05, 0) is 43.2 Å². The second kappa shape index (κ2) is 8.03. The van der Waals surface area contributed by atoms with Crippen LogP contribution in [0.2, 0.25) is 0 Å². The van der Waals surface area contributed by atoms with Gasteiger partial charge in [0, 0.05) is 24.4 Å². The van der Waals surface area contributed by atoms with Crippen LogP contribution in [-0.2, 0) is 4.79 Å². The van der Waals surface area contributed by atoms with Gasteiger partial charge < -0.3 is 15.0 Å². The average molecular weight is 387 g/mol. The molecule has 2 aromatic carbocycles. The third-order valence-electron chi connectivity index (χ3n) is 4.57. The lowest BCUT2D eigenvalue weighted by molar-refractivity contribution is -0.384. The number of halogens is 1. The van der Waals surface area contributed by atoms with E-state index < -0.39 is 34.2 Å². The van der Waals surface area contributed by atoms with Gasteiger partial charge in [-0.15, -0.1) is 0 Å². The molecule has 0 radical (unpaired) electrons. The maximum absolute atomic E-state index is 14.1. The molecule has 0 aromatic heterocycles. The Morgan fingerprint density at radius 1 is 1.25 bits per heavy atom. The van der Waals surface area contributed by atoms with E-state index in [0.29, 0.717) is 24.3 Å². The summed E-state index contributed by atoms with van der Waals surface area (Å²) in [5, 5.41) is 13.6. The smallest absolute Gasteiger partial charge is 0.270 e. The van der Waals surface area contributed by atoms with E-state index in [4.69, 9.17) is 4.74 Å². The first-order chi connectivity index (χ1) is 13.4. The Morgan fingerprint density at radius 3 is 2.61 bits per heavy atom. The van der Waals surface area contributed by atoms with Crippen molar-refractivity contribution in [1.29, 1.82) is 0 Å². The molecule has 0 aliphatic carbocycles. The SMILES string of the molecule is COc1ccc(NC(=O)C2CCCN2C(=O)c2cc([N+](=O)[O-])ccc2F)cc1. The van der Waals surface area contributed by atoms with E-state index in [1.54, 1.807) is 24.3 Å². The third kappa shape index (κ3) is 3.93. The second-order valence-electron chi connectivity index (χ2n) is 6.30. The van der Waals surface area contributed by atoms with Crippen molar-refractivity contribution in [3.8, 4) is 5.75 Å². The zero-order valence-electron chi connectivity index (χ0n) is 15.1. The Bertz CT molecular complexity index is 916. The zero-order chi connectivity index (χ0) is 20.3. The Morgan fingerprint density at radius 2 is 1.96 bits per heavy atom. The number of nitro groups is 1. The van der Waals surface area contributed by atoms with Crippen LogP contribution in [0, 0.1) is 15.9 Å². The van der Waals surface area contributed by atoms with E-state index >= 15 is 0 Å². The summed E-state index contributed by atoms with van der Waals surface area (Å²) in [5.74, 6) is -1.37. The van der Waals surface area contributed by atoms with Gasteiger partial charge in [0.1, 0.15) is 17.6 Å². The zero-order valence-corrected chi connectivity index (χ0v) is 15.1. The molecule has 0 bridgehead atoms. The van der Waals surface area contributed by atoms with Crippen LogP contribution in [0.1, 0.15) is 23.2 Å². The number of nitrogens with zero attached hydrogens (tertiary/aromatic N) is 2. The predicted octanol–water partition coefficient (Wildman–Crippen LogP) is 2.99. The molecule has 0 spiro atoms. The number of nitro benzene ring substituents is 1. The number of hydrogen-bond donors (Lipinski definition) is 1. The minimum absolute atomic E-state index is 0.266. The summed E-state index contributed by atoms with van der Waals surface area (Å²) in [6, 6.07) is 8.69. The molecule has 9 heteroatoms. The molecule has 3 rings (SSSR count). The first-order valence-electron chi connectivity index (χ1n) is 8.60. The molecule has 28 heavy (non-hydrogen) atoms. The van der Waals surface area contributed by atoms with Gasteiger partial charge in [-0.1, -0.05) is 0 Å². The molecular weight excluding hydrogens is 369 g/mol. The molecule has 1 saturated heterocycles. The highest BCUT2D eigenvalue weighted by Gasteiger charge is 2.36. The van der Waals surface area contributed by atoms with Gasteiger partial charge in [0.15, 0.2) is 0 Å². The van der Waals surface area contributed by atoms with E-state index in [-0.39, 0.29) is 12.2 Å². The van der Waals surface area contributed by atoms with Crippen LogP contribution >= 0.6 is 0 Å². The number of rotatable bonds is 5. The number of hydrogen-bond acceptors (Lipinski definition) is 5. The molecule has 0 saturated carbocycles. The van der Waals surface area contributed by atoms with Crippen molar-refractivity contribution in [3.63, 3.8) is 0 Å². The highest BCUT2D eigenvalue weighted by molar-refractivity contribution is 6.02. The Labute approximate surface area is 160 Å². The maximum atomic E-state index is 14.1. The van der Waals surface area contributed by atoms with Crippen LogP contribution in [0.25, 0.3) is 0 Å². The number of benzene rings is 2. The van der Waals surface area contributed by atoms with Crippen LogP contribution in [0.15, 0.2) is 42.5 Å². The number of methoxy groups -OCH3 is 1.